The summed E-state index contributed by atoms with van der Waals surface area (Å²) in [6.45, 7) is 9.75. The van der Waals surface area contributed by atoms with Crippen LogP contribution in [0.15, 0.2) is 0 Å². The molecular weight excluding hydrogens is 232 g/mol. The first-order chi connectivity index (χ1) is 8.97. The van der Waals surface area contributed by atoms with Gasteiger partial charge in [-0.2, -0.15) is 0 Å². The third-order valence-electron chi connectivity index (χ3n) is 5.51. The van der Waals surface area contributed by atoms with E-state index in [9.17, 15) is 0 Å². The first-order valence-electron chi connectivity index (χ1n) is 8.40. The summed E-state index contributed by atoms with van der Waals surface area (Å²) in [5.41, 5.74) is 0.501. The summed E-state index contributed by atoms with van der Waals surface area (Å²) in [6.07, 6.45) is 9.83. The van der Waals surface area contributed by atoms with Crippen LogP contribution in [0.5, 0.6) is 0 Å². The minimum Gasteiger partial charge on any atom is -0.312 e. The molecule has 0 bridgehead atoms. The van der Waals surface area contributed by atoms with Crippen LogP contribution >= 0.6 is 0 Å². The maximum absolute atomic E-state index is 3.86. The Balaban J connectivity index is 1.73. The Bertz CT molecular complexity index is 269. The topological polar surface area (TPSA) is 15.3 Å². The lowest BCUT2D eigenvalue weighted by atomic mass is 9.76. The first-order valence-corrected chi connectivity index (χ1v) is 8.40. The Labute approximate surface area is 120 Å². The van der Waals surface area contributed by atoms with Gasteiger partial charge in [0.15, 0.2) is 0 Å². The fraction of sp³-hybridized carbons (Fsp3) is 1.00. The SMILES string of the molecule is CN1CCCC1CNC1CCCC(C(C)(C)C)CC1. The minimum atomic E-state index is 0.501. The molecule has 2 fully saturated rings. The standard InChI is InChI=1S/C17H34N2/c1-17(2,3)14-7-5-8-15(11-10-14)18-13-16-9-6-12-19(16)4/h14-16,18H,5-13H2,1-4H3. The zero-order valence-corrected chi connectivity index (χ0v) is 13.5. The second-order valence-corrected chi connectivity index (χ2v) is 7.95. The van der Waals surface area contributed by atoms with Crippen molar-refractivity contribution in [1.82, 2.24) is 10.2 Å². The molecule has 0 aromatic rings. The summed E-state index contributed by atoms with van der Waals surface area (Å²) >= 11 is 0. The van der Waals surface area contributed by atoms with Crippen molar-refractivity contribution in [2.75, 3.05) is 20.1 Å². The second-order valence-electron chi connectivity index (χ2n) is 7.95. The van der Waals surface area contributed by atoms with Gasteiger partial charge < -0.3 is 10.2 Å². The molecule has 0 amide bonds. The lowest BCUT2D eigenvalue weighted by Crippen LogP contribution is -2.40. The molecule has 2 heteroatoms. The van der Waals surface area contributed by atoms with Crippen LogP contribution in [0.1, 0.15) is 65.7 Å². The van der Waals surface area contributed by atoms with E-state index in [1.807, 2.05) is 0 Å². The van der Waals surface area contributed by atoms with Gasteiger partial charge in [-0.25, -0.2) is 0 Å². The van der Waals surface area contributed by atoms with E-state index >= 15 is 0 Å². The van der Waals surface area contributed by atoms with E-state index in [4.69, 9.17) is 0 Å². The molecule has 0 radical (unpaired) electrons. The Morgan fingerprint density at radius 1 is 1.00 bits per heavy atom. The molecule has 1 heterocycles. The van der Waals surface area contributed by atoms with Crippen LogP contribution in [-0.4, -0.2) is 37.1 Å². The van der Waals surface area contributed by atoms with Crippen LogP contribution in [0.2, 0.25) is 0 Å². The number of likely N-dealkylation sites (tertiary alicyclic amines) is 1. The van der Waals surface area contributed by atoms with E-state index in [0.717, 1.165) is 18.0 Å². The highest BCUT2D eigenvalue weighted by Gasteiger charge is 2.28. The summed E-state index contributed by atoms with van der Waals surface area (Å²) in [5.74, 6) is 0.924. The van der Waals surface area contributed by atoms with Gasteiger partial charge >= 0.3 is 0 Å². The molecule has 3 unspecified atom stereocenters. The third-order valence-corrected chi connectivity index (χ3v) is 5.51. The van der Waals surface area contributed by atoms with Crippen LogP contribution in [0.4, 0.5) is 0 Å². The fourth-order valence-corrected chi connectivity index (χ4v) is 3.91. The van der Waals surface area contributed by atoms with Crippen molar-refractivity contribution in [3.63, 3.8) is 0 Å². The Morgan fingerprint density at radius 3 is 2.42 bits per heavy atom. The molecule has 0 aromatic heterocycles. The number of hydrogen-bond acceptors (Lipinski definition) is 2. The van der Waals surface area contributed by atoms with E-state index in [1.165, 1.54) is 58.0 Å². The highest BCUT2D eigenvalue weighted by molar-refractivity contribution is 4.84. The highest BCUT2D eigenvalue weighted by Crippen LogP contribution is 2.36. The van der Waals surface area contributed by atoms with E-state index in [-0.39, 0.29) is 0 Å². The Morgan fingerprint density at radius 2 is 1.79 bits per heavy atom. The molecule has 0 aromatic carbocycles. The van der Waals surface area contributed by atoms with Crippen molar-refractivity contribution in [2.24, 2.45) is 11.3 Å². The molecule has 1 saturated carbocycles. The molecule has 3 atom stereocenters. The summed E-state index contributed by atoms with van der Waals surface area (Å²) in [7, 11) is 2.28. The van der Waals surface area contributed by atoms with Crippen molar-refractivity contribution >= 4 is 0 Å². The van der Waals surface area contributed by atoms with Gasteiger partial charge in [-0.3, -0.25) is 0 Å². The number of likely N-dealkylation sites (N-methyl/N-ethyl adjacent to an activating group) is 1. The average molecular weight is 266 g/mol. The molecule has 2 rings (SSSR count). The predicted molar refractivity (Wildman–Crippen MR) is 83.5 cm³/mol. The summed E-state index contributed by atoms with van der Waals surface area (Å²) in [5, 5.41) is 3.86. The van der Waals surface area contributed by atoms with Gasteiger partial charge in [0.1, 0.15) is 0 Å². The summed E-state index contributed by atoms with van der Waals surface area (Å²) in [4.78, 5) is 2.53. The highest BCUT2D eigenvalue weighted by atomic mass is 15.2. The molecule has 0 spiro atoms. The van der Waals surface area contributed by atoms with Crippen LogP contribution < -0.4 is 5.32 Å². The van der Waals surface area contributed by atoms with Crippen LogP contribution in [0.25, 0.3) is 0 Å². The van der Waals surface area contributed by atoms with Crippen LogP contribution in [-0.2, 0) is 0 Å². The number of hydrogen-bond donors (Lipinski definition) is 1. The van der Waals surface area contributed by atoms with E-state index in [2.05, 4.69) is 38.0 Å². The largest absolute Gasteiger partial charge is 0.312 e. The van der Waals surface area contributed by atoms with Crippen molar-refractivity contribution in [2.45, 2.75) is 77.8 Å². The van der Waals surface area contributed by atoms with Gasteiger partial charge in [0, 0.05) is 18.6 Å². The lowest BCUT2D eigenvalue weighted by Gasteiger charge is -2.30. The van der Waals surface area contributed by atoms with Crippen molar-refractivity contribution < 1.29 is 0 Å². The second kappa shape index (κ2) is 6.58. The van der Waals surface area contributed by atoms with Gasteiger partial charge in [-0.1, -0.05) is 27.2 Å². The molecule has 2 nitrogen and oxygen atoms in total. The van der Waals surface area contributed by atoms with Gasteiger partial charge in [-0.15, -0.1) is 0 Å². The molecule has 2 aliphatic rings. The minimum absolute atomic E-state index is 0.501. The summed E-state index contributed by atoms with van der Waals surface area (Å²) in [6, 6.07) is 1.57. The fourth-order valence-electron chi connectivity index (χ4n) is 3.91. The van der Waals surface area contributed by atoms with Crippen molar-refractivity contribution in [3.05, 3.63) is 0 Å². The third kappa shape index (κ3) is 4.46. The normalized spacial score (nSPS) is 34.4. The quantitative estimate of drug-likeness (QED) is 0.784. The van der Waals surface area contributed by atoms with Crippen LogP contribution in [0, 0.1) is 11.3 Å². The molecular formula is C17H34N2. The van der Waals surface area contributed by atoms with E-state index in [1.54, 1.807) is 0 Å². The molecule has 1 saturated heterocycles. The smallest absolute Gasteiger partial charge is 0.0218 e. The molecule has 1 aliphatic carbocycles. The molecule has 1 aliphatic heterocycles. The van der Waals surface area contributed by atoms with Gasteiger partial charge in [-0.05, 0) is 63.5 Å². The van der Waals surface area contributed by atoms with Gasteiger partial charge in [0.05, 0.1) is 0 Å². The number of nitrogens with one attached hydrogen (secondary N) is 1. The Hall–Kier alpha value is -0.0800. The van der Waals surface area contributed by atoms with Gasteiger partial charge in [0.25, 0.3) is 0 Å². The summed E-state index contributed by atoms with van der Waals surface area (Å²) < 4.78 is 0. The molecule has 112 valence electrons. The predicted octanol–water partition coefficient (Wildman–Crippen LogP) is 3.67. The van der Waals surface area contributed by atoms with Crippen molar-refractivity contribution in [3.8, 4) is 0 Å². The van der Waals surface area contributed by atoms with Gasteiger partial charge in [0.2, 0.25) is 0 Å². The maximum atomic E-state index is 3.86. The average Bonchev–Trinajstić information content (AvgIpc) is 2.61. The monoisotopic (exact) mass is 266 g/mol. The zero-order chi connectivity index (χ0) is 13.9. The molecule has 19 heavy (non-hydrogen) atoms. The zero-order valence-electron chi connectivity index (χ0n) is 13.5. The Kier molecular flexibility index (Phi) is 5.30. The van der Waals surface area contributed by atoms with Crippen molar-refractivity contribution in [1.29, 1.82) is 0 Å². The van der Waals surface area contributed by atoms with Crippen LogP contribution in [0.3, 0.4) is 0 Å². The first kappa shape index (κ1) is 15.3. The van der Waals surface area contributed by atoms with E-state index < -0.39 is 0 Å². The molecule has 1 N–H and O–H groups in total. The maximum Gasteiger partial charge on any atom is 0.0218 e. The number of nitrogens with zero attached hydrogens (tertiary/aromatic N) is 1. The lowest BCUT2D eigenvalue weighted by molar-refractivity contribution is 0.213. The van der Waals surface area contributed by atoms with E-state index in [0.29, 0.717) is 5.41 Å². The number of rotatable bonds is 3.